The molecule has 0 bridgehead atoms. The van der Waals surface area contributed by atoms with Gasteiger partial charge in [0.15, 0.2) is 5.75 Å². The molecule has 0 spiro atoms. The van der Waals surface area contributed by atoms with Crippen molar-refractivity contribution in [1.82, 2.24) is 4.98 Å². The van der Waals surface area contributed by atoms with Crippen LogP contribution in [-0.4, -0.2) is 41.8 Å². The lowest BCUT2D eigenvalue weighted by Crippen LogP contribution is -2.24. The molecule has 1 aromatic heterocycles. The number of esters is 1. The quantitative estimate of drug-likeness (QED) is 0.195. The van der Waals surface area contributed by atoms with Gasteiger partial charge in [-0.25, -0.2) is 0 Å². The number of nitro benzene ring substituents is 1. The highest BCUT2D eigenvalue weighted by Gasteiger charge is 2.20. The SMILES string of the molecule is COCCOc1cc2nccc(Oc3ccc(CC(=O)OC(C)(C)C)cc3)c2cc1[N+](=O)[O-]. The molecule has 33 heavy (non-hydrogen) atoms. The van der Waals surface area contributed by atoms with E-state index in [1.165, 1.54) is 19.2 Å². The Hall–Kier alpha value is -3.72. The number of aromatic nitrogens is 1. The highest BCUT2D eigenvalue weighted by atomic mass is 16.6. The van der Waals surface area contributed by atoms with Crippen LogP contribution in [0.15, 0.2) is 48.7 Å². The summed E-state index contributed by atoms with van der Waals surface area (Å²) in [5.41, 5.74) is 0.542. The number of carbonyl (C=O) groups excluding carboxylic acids is 1. The molecule has 0 N–H and O–H groups in total. The molecule has 0 atom stereocenters. The van der Waals surface area contributed by atoms with Crippen molar-refractivity contribution >= 4 is 22.6 Å². The number of hydrogen-bond donors (Lipinski definition) is 0. The normalized spacial score (nSPS) is 11.3. The van der Waals surface area contributed by atoms with Gasteiger partial charge >= 0.3 is 11.7 Å². The van der Waals surface area contributed by atoms with E-state index in [9.17, 15) is 14.9 Å². The van der Waals surface area contributed by atoms with Crippen LogP contribution in [0.3, 0.4) is 0 Å². The molecule has 0 saturated heterocycles. The van der Waals surface area contributed by atoms with Gasteiger partial charge in [0.2, 0.25) is 0 Å². The Morgan fingerprint density at radius 2 is 1.79 bits per heavy atom. The Bertz CT molecular complexity index is 1140. The molecule has 0 aliphatic carbocycles. The lowest BCUT2D eigenvalue weighted by Gasteiger charge is -2.19. The minimum atomic E-state index is -0.542. The first-order valence-electron chi connectivity index (χ1n) is 10.3. The fourth-order valence-corrected chi connectivity index (χ4v) is 3.07. The number of benzene rings is 2. The van der Waals surface area contributed by atoms with E-state index in [2.05, 4.69) is 4.98 Å². The third kappa shape index (κ3) is 6.63. The Morgan fingerprint density at radius 1 is 1.06 bits per heavy atom. The molecule has 0 amide bonds. The van der Waals surface area contributed by atoms with Crippen molar-refractivity contribution in [3.05, 3.63) is 64.3 Å². The average molecular weight is 454 g/mol. The third-order valence-electron chi connectivity index (χ3n) is 4.44. The summed E-state index contributed by atoms with van der Waals surface area (Å²) in [6.45, 7) is 5.93. The van der Waals surface area contributed by atoms with Crippen molar-refractivity contribution in [2.45, 2.75) is 32.8 Å². The maximum absolute atomic E-state index is 12.0. The second-order valence-electron chi connectivity index (χ2n) is 8.25. The number of pyridine rings is 1. The van der Waals surface area contributed by atoms with Crippen molar-refractivity contribution in [2.24, 2.45) is 0 Å². The number of nitro groups is 1. The van der Waals surface area contributed by atoms with E-state index in [1.807, 2.05) is 20.8 Å². The van der Waals surface area contributed by atoms with Gasteiger partial charge < -0.3 is 18.9 Å². The van der Waals surface area contributed by atoms with Crippen molar-refractivity contribution < 1.29 is 28.7 Å². The van der Waals surface area contributed by atoms with E-state index in [-0.39, 0.29) is 30.4 Å². The summed E-state index contributed by atoms with van der Waals surface area (Å²) in [4.78, 5) is 27.4. The first kappa shape index (κ1) is 23.9. The monoisotopic (exact) mass is 454 g/mol. The van der Waals surface area contributed by atoms with E-state index in [0.717, 1.165) is 5.56 Å². The van der Waals surface area contributed by atoms with Crippen LogP contribution < -0.4 is 9.47 Å². The van der Waals surface area contributed by atoms with Crippen molar-refractivity contribution in [3.63, 3.8) is 0 Å². The summed E-state index contributed by atoms with van der Waals surface area (Å²) in [5.74, 6) is 0.720. The van der Waals surface area contributed by atoms with Crippen LogP contribution in [0.25, 0.3) is 10.9 Å². The van der Waals surface area contributed by atoms with Crippen LogP contribution in [-0.2, 0) is 20.7 Å². The van der Waals surface area contributed by atoms with Gasteiger partial charge in [0.1, 0.15) is 23.7 Å². The topological polar surface area (TPSA) is 110 Å². The molecule has 1 heterocycles. The molecule has 0 saturated carbocycles. The molecule has 2 aromatic carbocycles. The summed E-state index contributed by atoms with van der Waals surface area (Å²) in [7, 11) is 1.52. The smallest absolute Gasteiger partial charge is 0.311 e. The number of carbonyl (C=O) groups is 1. The molecule has 3 rings (SSSR count). The van der Waals surface area contributed by atoms with E-state index >= 15 is 0 Å². The largest absolute Gasteiger partial charge is 0.484 e. The maximum Gasteiger partial charge on any atom is 0.311 e. The van der Waals surface area contributed by atoms with Crippen LogP contribution in [0.1, 0.15) is 26.3 Å². The summed E-state index contributed by atoms with van der Waals surface area (Å²) in [6.07, 6.45) is 1.70. The maximum atomic E-state index is 12.0. The number of fused-ring (bicyclic) bond motifs is 1. The van der Waals surface area contributed by atoms with E-state index in [0.29, 0.717) is 29.0 Å². The van der Waals surface area contributed by atoms with Crippen molar-refractivity contribution in [1.29, 1.82) is 0 Å². The minimum absolute atomic E-state index is 0.112. The van der Waals surface area contributed by atoms with Gasteiger partial charge in [0.25, 0.3) is 0 Å². The lowest BCUT2D eigenvalue weighted by atomic mass is 10.1. The van der Waals surface area contributed by atoms with Crippen molar-refractivity contribution in [2.75, 3.05) is 20.3 Å². The molecular weight excluding hydrogens is 428 g/mol. The molecule has 0 radical (unpaired) electrons. The summed E-state index contributed by atoms with van der Waals surface area (Å²) in [5, 5.41) is 12.0. The Balaban J connectivity index is 1.82. The van der Waals surface area contributed by atoms with Crippen molar-refractivity contribution in [3.8, 4) is 17.2 Å². The van der Waals surface area contributed by atoms with E-state index < -0.39 is 10.5 Å². The average Bonchev–Trinajstić information content (AvgIpc) is 2.73. The van der Waals surface area contributed by atoms with Gasteiger partial charge in [0, 0.05) is 25.4 Å². The zero-order chi connectivity index (χ0) is 24.0. The van der Waals surface area contributed by atoms with E-state index in [1.54, 1.807) is 36.5 Å². The zero-order valence-corrected chi connectivity index (χ0v) is 19.0. The molecule has 174 valence electrons. The molecule has 0 unspecified atom stereocenters. The van der Waals surface area contributed by atoms with Gasteiger partial charge in [-0.1, -0.05) is 12.1 Å². The number of methoxy groups -OCH3 is 1. The summed E-state index contributed by atoms with van der Waals surface area (Å²) in [6, 6.07) is 11.5. The first-order valence-corrected chi connectivity index (χ1v) is 10.3. The molecule has 0 aliphatic rings. The fourth-order valence-electron chi connectivity index (χ4n) is 3.07. The molecule has 0 aliphatic heterocycles. The highest BCUT2D eigenvalue weighted by molar-refractivity contribution is 5.89. The molecular formula is C24H26N2O7. The Kier molecular flexibility index (Phi) is 7.44. The third-order valence-corrected chi connectivity index (χ3v) is 4.44. The first-order chi connectivity index (χ1) is 15.7. The number of ether oxygens (including phenoxy) is 4. The predicted molar refractivity (Wildman–Crippen MR) is 122 cm³/mol. The molecule has 9 nitrogen and oxygen atoms in total. The van der Waals surface area contributed by atoms with Crippen LogP contribution in [0.2, 0.25) is 0 Å². The lowest BCUT2D eigenvalue weighted by molar-refractivity contribution is -0.385. The standard InChI is InChI=1S/C24H26N2O7/c1-24(2,3)33-23(27)13-16-5-7-17(8-6-16)32-21-9-10-25-19-15-22(31-12-11-30-4)20(26(28)29)14-18(19)21/h5-10,14-15H,11-13H2,1-4H3. The Labute approximate surface area is 191 Å². The van der Waals surface area contributed by atoms with E-state index in [4.69, 9.17) is 18.9 Å². The minimum Gasteiger partial charge on any atom is -0.484 e. The van der Waals surface area contributed by atoms with Crippen LogP contribution in [0.4, 0.5) is 5.69 Å². The number of hydrogen-bond acceptors (Lipinski definition) is 8. The van der Waals surface area contributed by atoms with Gasteiger partial charge in [-0.15, -0.1) is 0 Å². The molecule has 3 aromatic rings. The zero-order valence-electron chi connectivity index (χ0n) is 19.0. The second kappa shape index (κ2) is 10.3. The van der Waals surface area contributed by atoms with Gasteiger partial charge in [-0.3, -0.25) is 19.9 Å². The number of rotatable bonds is 9. The van der Waals surface area contributed by atoms with Gasteiger partial charge in [-0.05, 0) is 44.5 Å². The molecule has 9 heteroatoms. The predicted octanol–water partition coefficient (Wildman–Crippen LogP) is 4.84. The second-order valence-corrected chi connectivity index (χ2v) is 8.25. The highest BCUT2D eigenvalue weighted by Crippen LogP contribution is 2.37. The fraction of sp³-hybridized carbons (Fsp3) is 0.333. The molecule has 0 fully saturated rings. The van der Waals surface area contributed by atoms with Crippen LogP contribution in [0.5, 0.6) is 17.2 Å². The van der Waals surface area contributed by atoms with Gasteiger partial charge in [0.05, 0.1) is 28.9 Å². The number of nitrogens with zero attached hydrogens (tertiary/aromatic N) is 2. The van der Waals surface area contributed by atoms with Gasteiger partial charge in [-0.2, -0.15) is 0 Å². The van der Waals surface area contributed by atoms with Crippen LogP contribution >= 0.6 is 0 Å². The van der Waals surface area contributed by atoms with Crippen LogP contribution in [0, 0.1) is 10.1 Å². The Morgan fingerprint density at radius 3 is 2.42 bits per heavy atom. The summed E-state index contributed by atoms with van der Waals surface area (Å²) >= 11 is 0. The summed E-state index contributed by atoms with van der Waals surface area (Å²) < 4.78 is 21.7.